The van der Waals surface area contributed by atoms with E-state index in [1.165, 1.54) is 0 Å². The van der Waals surface area contributed by atoms with Crippen molar-refractivity contribution in [3.63, 3.8) is 0 Å². The van der Waals surface area contributed by atoms with E-state index in [1.54, 1.807) is 20.4 Å². The molecule has 2 aromatic carbocycles. The van der Waals surface area contributed by atoms with Crippen molar-refractivity contribution in [2.45, 2.75) is 0 Å². The van der Waals surface area contributed by atoms with Crippen molar-refractivity contribution in [1.29, 1.82) is 0 Å². The molecule has 5 nitrogen and oxygen atoms in total. The summed E-state index contributed by atoms with van der Waals surface area (Å²) in [4.78, 5) is 7.85. The number of hydrogen-bond donors (Lipinski definition) is 1. The molecule has 6 heteroatoms. The van der Waals surface area contributed by atoms with Gasteiger partial charge in [-0.2, -0.15) is 0 Å². The SMILES string of the molecule is COc1ccc(OC)c(-c2cnc3[nH]c(-c4ccccc4)cn3c2=S)c1. The molecule has 0 unspecified atom stereocenters. The van der Waals surface area contributed by atoms with Crippen molar-refractivity contribution in [3.8, 4) is 33.9 Å². The summed E-state index contributed by atoms with van der Waals surface area (Å²) in [7, 11) is 3.27. The van der Waals surface area contributed by atoms with Gasteiger partial charge in [0, 0.05) is 23.5 Å². The third kappa shape index (κ3) is 2.74. The van der Waals surface area contributed by atoms with E-state index >= 15 is 0 Å². The van der Waals surface area contributed by atoms with Crippen LogP contribution in [0.2, 0.25) is 0 Å². The van der Waals surface area contributed by atoms with Gasteiger partial charge in [0.15, 0.2) is 0 Å². The average Bonchev–Trinajstić information content (AvgIpc) is 3.14. The van der Waals surface area contributed by atoms with Crippen LogP contribution >= 0.6 is 12.2 Å². The van der Waals surface area contributed by atoms with Crippen LogP contribution in [-0.2, 0) is 0 Å². The Hall–Kier alpha value is -3.12. The number of nitrogens with zero attached hydrogens (tertiary/aromatic N) is 2. The summed E-state index contributed by atoms with van der Waals surface area (Å²) in [5.41, 5.74) is 3.69. The van der Waals surface area contributed by atoms with Gasteiger partial charge in [-0.15, -0.1) is 0 Å². The van der Waals surface area contributed by atoms with Crippen LogP contribution < -0.4 is 9.47 Å². The van der Waals surface area contributed by atoms with Gasteiger partial charge >= 0.3 is 0 Å². The Kier molecular flexibility index (Phi) is 4.18. The summed E-state index contributed by atoms with van der Waals surface area (Å²) in [6, 6.07) is 15.7. The Morgan fingerprint density at radius 2 is 1.81 bits per heavy atom. The summed E-state index contributed by atoms with van der Waals surface area (Å²) in [5, 5.41) is 0. The van der Waals surface area contributed by atoms with E-state index in [9.17, 15) is 0 Å². The van der Waals surface area contributed by atoms with Gasteiger partial charge in [-0.3, -0.25) is 4.40 Å². The molecular weight excluding hydrogens is 346 g/mol. The Labute approximate surface area is 155 Å². The first kappa shape index (κ1) is 16.4. The lowest BCUT2D eigenvalue weighted by Gasteiger charge is -2.11. The van der Waals surface area contributed by atoms with Gasteiger partial charge in [-0.1, -0.05) is 42.5 Å². The molecule has 130 valence electrons. The second-order valence-electron chi connectivity index (χ2n) is 5.77. The van der Waals surface area contributed by atoms with Crippen LogP contribution in [-0.4, -0.2) is 28.6 Å². The summed E-state index contributed by atoms with van der Waals surface area (Å²) < 4.78 is 13.4. The maximum Gasteiger partial charge on any atom is 0.212 e. The minimum atomic E-state index is 0.653. The lowest BCUT2D eigenvalue weighted by Crippen LogP contribution is -1.95. The fourth-order valence-corrected chi connectivity index (χ4v) is 3.24. The van der Waals surface area contributed by atoms with Crippen LogP contribution in [0.1, 0.15) is 0 Å². The molecule has 0 radical (unpaired) electrons. The minimum Gasteiger partial charge on any atom is -0.497 e. The fourth-order valence-electron chi connectivity index (χ4n) is 2.94. The van der Waals surface area contributed by atoms with Crippen LogP contribution in [0.3, 0.4) is 0 Å². The lowest BCUT2D eigenvalue weighted by atomic mass is 10.1. The molecule has 4 aromatic rings. The van der Waals surface area contributed by atoms with Crippen molar-refractivity contribution in [1.82, 2.24) is 14.4 Å². The summed E-state index contributed by atoms with van der Waals surface area (Å²) in [6.07, 6.45) is 3.73. The molecule has 2 heterocycles. The van der Waals surface area contributed by atoms with Crippen LogP contribution in [0, 0.1) is 4.64 Å². The molecule has 0 bridgehead atoms. The highest BCUT2D eigenvalue weighted by Crippen LogP contribution is 2.34. The Bertz CT molecular complexity index is 1130. The Morgan fingerprint density at radius 1 is 1.00 bits per heavy atom. The van der Waals surface area contributed by atoms with Crippen molar-refractivity contribution in [2.75, 3.05) is 14.2 Å². The number of ether oxygens (including phenoxy) is 2. The maximum absolute atomic E-state index is 5.73. The summed E-state index contributed by atoms with van der Waals surface area (Å²) in [6.45, 7) is 0. The van der Waals surface area contributed by atoms with E-state index in [2.05, 4.69) is 9.97 Å². The molecule has 0 aliphatic heterocycles. The third-order valence-electron chi connectivity index (χ3n) is 4.28. The number of fused-ring (bicyclic) bond motifs is 1. The van der Waals surface area contributed by atoms with Gasteiger partial charge in [0.1, 0.15) is 16.1 Å². The molecule has 0 aliphatic carbocycles. The van der Waals surface area contributed by atoms with Crippen molar-refractivity contribution in [3.05, 3.63) is 65.6 Å². The smallest absolute Gasteiger partial charge is 0.212 e. The molecule has 0 saturated heterocycles. The van der Waals surface area contributed by atoms with E-state index in [0.717, 1.165) is 33.9 Å². The number of aromatic amines is 1. The molecule has 26 heavy (non-hydrogen) atoms. The normalized spacial score (nSPS) is 10.8. The standard InChI is InChI=1S/C20H17N3O2S/c1-24-14-8-9-18(25-2)15(10-14)16-11-21-20-22-17(12-23(20)19(16)26)13-6-4-3-5-7-13/h3-12H,1-2H3,(H,21,22). The van der Waals surface area contributed by atoms with Gasteiger partial charge in [-0.25, -0.2) is 4.98 Å². The Morgan fingerprint density at radius 3 is 2.54 bits per heavy atom. The first-order valence-corrected chi connectivity index (χ1v) is 8.50. The molecular formula is C20H17N3O2S. The van der Waals surface area contributed by atoms with Crippen LogP contribution in [0.25, 0.3) is 28.2 Å². The van der Waals surface area contributed by atoms with E-state index < -0.39 is 0 Å². The first-order valence-electron chi connectivity index (χ1n) is 8.09. The first-order chi connectivity index (χ1) is 12.7. The largest absolute Gasteiger partial charge is 0.497 e. The van der Waals surface area contributed by atoms with Gasteiger partial charge < -0.3 is 14.5 Å². The van der Waals surface area contributed by atoms with Crippen LogP contribution in [0.15, 0.2) is 60.9 Å². The molecule has 0 aliphatic rings. The Balaban J connectivity index is 1.91. The summed E-state index contributed by atoms with van der Waals surface area (Å²) >= 11 is 5.73. The van der Waals surface area contributed by atoms with Gasteiger partial charge in [0.25, 0.3) is 0 Å². The topological polar surface area (TPSA) is 51.5 Å². The highest BCUT2D eigenvalue weighted by molar-refractivity contribution is 7.71. The molecule has 0 amide bonds. The second kappa shape index (κ2) is 6.65. The van der Waals surface area contributed by atoms with E-state index in [0.29, 0.717) is 10.4 Å². The van der Waals surface area contributed by atoms with E-state index in [-0.39, 0.29) is 0 Å². The molecule has 0 atom stereocenters. The molecule has 4 rings (SSSR count). The van der Waals surface area contributed by atoms with Crippen molar-refractivity contribution in [2.24, 2.45) is 0 Å². The number of aromatic nitrogens is 3. The average molecular weight is 363 g/mol. The zero-order chi connectivity index (χ0) is 18.1. The number of imidazole rings is 1. The quantitative estimate of drug-likeness (QED) is 0.532. The third-order valence-corrected chi connectivity index (χ3v) is 4.70. The maximum atomic E-state index is 5.73. The van der Waals surface area contributed by atoms with E-state index in [1.807, 2.05) is 59.1 Å². The molecule has 0 saturated carbocycles. The van der Waals surface area contributed by atoms with Crippen molar-refractivity contribution >= 4 is 18.0 Å². The zero-order valence-electron chi connectivity index (χ0n) is 14.4. The van der Waals surface area contributed by atoms with Crippen molar-refractivity contribution < 1.29 is 9.47 Å². The summed E-state index contributed by atoms with van der Waals surface area (Å²) in [5.74, 6) is 2.15. The number of H-pyrrole nitrogens is 1. The van der Waals surface area contributed by atoms with E-state index in [4.69, 9.17) is 21.7 Å². The number of hydrogen-bond acceptors (Lipinski definition) is 4. The lowest BCUT2D eigenvalue weighted by molar-refractivity contribution is 0.404. The molecule has 0 fully saturated rings. The van der Waals surface area contributed by atoms with Gasteiger partial charge in [0.2, 0.25) is 5.78 Å². The number of nitrogens with one attached hydrogen (secondary N) is 1. The monoisotopic (exact) mass is 363 g/mol. The highest BCUT2D eigenvalue weighted by atomic mass is 32.1. The molecule has 1 N–H and O–H groups in total. The molecule has 2 aromatic heterocycles. The second-order valence-corrected chi connectivity index (χ2v) is 6.16. The predicted molar refractivity (Wildman–Crippen MR) is 104 cm³/mol. The number of methoxy groups -OCH3 is 2. The highest BCUT2D eigenvalue weighted by Gasteiger charge is 2.13. The number of benzene rings is 2. The van der Waals surface area contributed by atoms with Gasteiger partial charge in [-0.05, 0) is 23.8 Å². The zero-order valence-corrected chi connectivity index (χ0v) is 15.2. The minimum absolute atomic E-state index is 0.653. The fraction of sp³-hybridized carbons (Fsp3) is 0.100. The van der Waals surface area contributed by atoms with Crippen LogP contribution in [0.5, 0.6) is 11.5 Å². The number of rotatable bonds is 4. The molecule has 0 spiro atoms. The van der Waals surface area contributed by atoms with Gasteiger partial charge in [0.05, 0.1) is 19.9 Å². The van der Waals surface area contributed by atoms with Crippen LogP contribution in [0.4, 0.5) is 0 Å². The predicted octanol–water partition coefficient (Wildman–Crippen LogP) is 4.74.